The van der Waals surface area contributed by atoms with Crippen LogP contribution in [0, 0.1) is 6.92 Å². The summed E-state index contributed by atoms with van der Waals surface area (Å²) in [6.45, 7) is 7.71. The number of nitrogens with zero attached hydrogens (tertiary/aromatic N) is 6. The van der Waals surface area contributed by atoms with Crippen molar-refractivity contribution >= 4 is 11.9 Å². The lowest BCUT2D eigenvalue weighted by Gasteiger charge is -2.32. The van der Waals surface area contributed by atoms with Crippen LogP contribution in [-0.2, 0) is 0 Å². The largest absolute Gasteiger partial charge is 0.342 e. The quantitative estimate of drug-likeness (QED) is 0.875. The number of hydrogen-bond acceptors (Lipinski definition) is 7. The van der Waals surface area contributed by atoms with E-state index >= 15 is 0 Å². The number of anilines is 2. The van der Waals surface area contributed by atoms with E-state index in [9.17, 15) is 4.79 Å². The molecule has 0 amide bonds. The van der Waals surface area contributed by atoms with Gasteiger partial charge < -0.3 is 14.7 Å². The number of aryl methyl sites for hydroxylation is 1. The first kappa shape index (κ1) is 17.0. The monoisotopic (exact) mass is 355 g/mol. The predicted molar refractivity (Wildman–Crippen MR) is 102 cm³/mol. The van der Waals surface area contributed by atoms with Gasteiger partial charge in [-0.15, -0.1) is 0 Å². The van der Waals surface area contributed by atoms with Gasteiger partial charge in [0.1, 0.15) is 0 Å². The van der Waals surface area contributed by atoms with Gasteiger partial charge in [-0.25, -0.2) is 15.0 Å². The zero-order valence-electron chi connectivity index (χ0n) is 15.4. The highest BCUT2D eigenvalue weighted by molar-refractivity contribution is 5.62. The Kier molecular flexibility index (Phi) is 4.58. The van der Waals surface area contributed by atoms with E-state index in [0.717, 1.165) is 69.3 Å². The van der Waals surface area contributed by atoms with Crippen LogP contribution in [0.2, 0.25) is 0 Å². The molecule has 0 radical (unpaired) electrons. The van der Waals surface area contributed by atoms with Crippen LogP contribution in [-0.4, -0.2) is 71.2 Å². The lowest BCUT2D eigenvalue weighted by atomic mass is 10.2. The second-order valence-corrected chi connectivity index (χ2v) is 7.11. The lowest BCUT2D eigenvalue weighted by molar-refractivity contribution is 0.311. The summed E-state index contributed by atoms with van der Waals surface area (Å²) in [6.07, 6.45) is 4.07. The fourth-order valence-corrected chi connectivity index (χ4v) is 3.53. The average Bonchev–Trinajstić information content (AvgIpc) is 3.16. The number of aromatic nitrogens is 4. The molecule has 2 fully saturated rings. The summed E-state index contributed by atoms with van der Waals surface area (Å²) < 4.78 is 0. The molecular weight excluding hydrogens is 330 g/mol. The van der Waals surface area contributed by atoms with Crippen LogP contribution in [0.1, 0.15) is 18.5 Å². The maximum atomic E-state index is 12.1. The molecule has 138 valence electrons. The molecule has 0 aromatic carbocycles. The molecule has 2 aromatic heterocycles. The zero-order valence-corrected chi connectivity index (χ0v) is 15.4. The molecule has 1 N–H and O–H groups in total. The Bertz CT molecular complexity index is 836. The van der Waals surface area contributed by atoms with Gasteiger partial charge in [-0.1, -0.05) is 0 Å². The molecular formula is C18H25N7O. The number of aromatic amines is 1. The Morgan fingerprint density at radius 2 is 1.73 bits per heavy atom. The van der Waals surface area contributed by atoms with Gasteiger partial charge in [0.25, 0.3) is 5.56 Å². The van der Waals surface area contributed by atoms with Gasteiger partial charge in [-0.2, -0.15) is 0 Å². The van der Waals surface area contributed by atoms with Crippen molar-refractivity contribution in [2.45, 2.75) is 19.8 Å². The minimum atomic E-state index is -0.139. The molecule has 8 nitrogen and oxygen atoms in total. The fraction of sp³-hybridized carbons (Fsp3) is 0.556. The van der Waals surface area contributed by atoms with E-state index in [0.29, 0.717) is 11.6 Å². The number of piperazine rings is 1. The maximum Gasteiger partial charge on any atom is 0.252 e. The molecule has 0 unspecified atom stereocenters. The molecule has 2 aliphatic rings. The van der Waals surface area contributed by atoms with Gasteiger partial charge >= 0.3 is 0 Å². The molecule has 0 bridgehead atoms. The van der Waals surface area contributed by atoms with Crippen molar-refractivity contribution in [3.8, 4) is 11.3 Å². The summed E-state index contributed by atoms with van der Waals surface area (Å²) in [6, 6.07) is 1.53. The normalized spacial score (nSPS) is 18.5. The third kappa shape index (κ3) is 3.41. The lowest BCUT2D eigenvalue weighted by Crippen LogP contribution is -2.45. The van der Waals surface area contributed by atoms with Gasteiger partial charge in [0.05, 0.1) is 11.4 Å². The summed E-state index contributed by atoms with van der Waals surface area (Å²) in [5, 5.41) is 0. The van der Waals surface area contributed by atoms with Crippen LogP contribution >= 0.6 is 0 Å². The molecule has 0 saturated carbocycles. The number of rotatable bonds is 3. The van der Waals surface area contributed by atoms with E-state index in [1.807, 2.05) is 6.92 Å². The topological polar surface area (TPSA) is 81.2 Å². The zero-order chi connectivity index (χ0) is 18.1. The van der Waals surface area contributed by atoms with Crippen LogP contribution in [0.3, 0.4) is 0 Å². The van der Waals surface area contributed by atoms with Gasteiger partial charge in [0.15, 0.2) is 0 Å². The highest BCUT2D eigenvalue weighted by atomic mass is 16.1. The van der Waals surface area contributed by atoms with Gasteiger partial charge in [0, 0.05) is 57.1 Å². The molecule has 0 spiro atoms. The summed E-state index contributed by atoms with van der Waals surface area (Å²) >= 11 is 0. The molecule has 8 heteroatoms. The second kappa shape index (κ2) is 7.03. The molecule has 2 saturated heterocycles. The van der Waals surface area contributed by atoms with Crippen LogP contribution in [0.25, 0.3) is 11.3 Å². The fourth-order valence-electron chi connectivity index (χ4n) is 3.53. The Hall–Kier alpha value is -2.48. The SMILES string of the molecule is Cc1nc(N2CCN(C)CC2)ncc1-c1cc(=O)[nH]c(N2CCCC2)n1. The third-order valence-corrected chi connectivity index (χ3v) is 5.16. The Morgan fingerprint density at radius 1 is 1.00 bits per heavy atom. The predicted octanol–water partition coefficient (Wildman–Crippen LogP) is 0.887. The van der Waals surface area contributed by atoms with E-state index < -0.39 is 0 Å². The first-order valence-corrected chi connectivity index (χ1v) is 9.24. The smallest absolute Gasteiger partial charge is 0.252 e. The Morgan fingerprint density at radius 3 is 2.42 bits per heavy atom. The highest BCUT2D eigenvalue weighted by Gasteiger charge is 2.19. The van der Waals surface area contributed by atoms with Crippen LogP contribution in [0.15, 0.2) is 17.1 Å². The number of hydrogen-bond donors (Lipinski definition) is 1. The van der Waals surface area contributed by atoms with Crippen LogP contribution in [0.4, 0.5) is 11.9 Å². The van der Waals surface area contributed by atoms with E-state index in [1.165, 1.54) is 6.07 Å². The van der Waals surface area contributed by atoms with Gasteiger partial charge in [0.2, 0.25) is 11.9 Å². The van der Waals surface area contributed by atoms with Crippen molar-refractivity contribution < 1.29 is 0 Å². The number of H-pyrrole nitrogens is 1. The van der Waals surface area contributed by atoms with E-state index in [4.69, 9.17) is 0 Å². The van der Waals surface area contributed by atoms with E-state index in [-0.39, 0.29) is 5.56 Å². The minimum Gasteiger partial charge on any atom is -0.342 e. The summed E-state index contributed by atoms with van der Waals surface area (Å²) in [5.41, 5.74) is 2.16. The minimum absolute atomic E-state index is 0.139. The van der Waals surface area contributed by atoms with Gasteiger partial charge in [-0.05, 0) is 26.8 Å². The highest BCUT2D eigenvalue weighted by Crippen LogP contribution is 2.23. The van der Waals surface area contributed by atoms with Gasteiger partial charge in [-0.3, -0.25) is 9.78 Å². The molecule has 26 heavy (non-hydrogen) atoms. The molecule has 4 rings (SSSR count). The Balaban J connectivity index is 1.62. The van der Waals surface area contributed by atoms with Crippen molar-refractivity contribution in [1.29, 1.82) is 0 Å². The summed E-state index contributed by atoms with van der Waals surface area (Å²) in [7, 11) is 2.13. The summed E-state index contributed by atoms with van der Waals surface area (Å²) in [5.74, 6) is 1.40. The van der Waals surface area contributed by atoms with Crippen LogP contribution in [0.5, 0.6) is 0 Å². The maximum absolute atomic E-state index is 12.1. The van der Waals surface area contributed by atoms with Crippen molar-refractivity contribution in [1.82, 2.24) is 24.8 Å². The third-order valence-electron chi connectivity index (χ3n) is 5.16. The molecule has 4 heterocycles. The Labute approximate surface area is 152 Å². The van der Waals surface area contributed by atoms with Crippen molar-refractivity contribution in [2.75, 3.05) is 56.1 Å². The second-order valence-electron chi connectivity index (χ2n) is 7.11. The molecule has 0 aliphatic carbocycles. The van der Waals surface area contributed by atoms with E-state index in [2.05, 4.69) is 41.7 Å². The summed E-state index contributed by atoms with van der Waals surface area (Å²) in [4.78, 5) is 35.5. The first-order valence-electron chi connectivity index (χ1n) is 9.24. The van der Waals surface area contributed by atoms with E-state index in [1.54, 1.807) is 6.20 Å². The molecule has 2 aromatic rings. The van der Waals surface area contributed by atoms with Crippen LogP contribution < -0.4 is 15.4 Å². The van der Waals surface area contributed by atoms with Crippen molar-refractivity contribution in [3.63, 3.8) is 0 Å². The molecule has 0 atom stereocenters. The van der Waals surface area contributed by atoms with Crippen molar-refractivity contribution in [3.05, 3.63) is 28.3 Å². The van der Waals surface area contributed by atoms with Crippen molar-refractivity contribution in [2.24, 2.45) is 0 Å². The first-order chi connectivity index (χ1) is 12.6. The number of nitrogens with one attached hydrogen (secondary N) is 1. The number of likely N-dealkylation sites (N-methyl/N-ethyl adjacent to an activating group) is 1. The molecule has 2 aliphatic heterocycles. The average molecular weight is 355 g/mol. The standard InChI is InChI=1S/C18H25N7O/c1-13-14(12-19-17(20-13)25-9-7-23(2)8-10-25)15-11-16(26)22-18(21-15)24-5-3-4-6-24/h11-12H,3-10H2,1-2H3,(H,21,22,26).